The van der Waals surface area contributed by atoms with Crippen molar-refractivity contribution in [3.05, 3.63) is 40.7 Å². The number of rotatable bonds is 3. The molecule has 7 nitrogen and oxygen atoms in total. The van der Waals surface area contributed by atoms with Crippen LogP contribution in [0.3, 0.4) is 0 Å². The first-order valence-electron chi connectivity index (χ1n) is 6.01. The van der Waals surface area contributed by atoms with Crippen molar-refractivity contribution in [1.82, 2.24) is 25.9 Å². The number of nitrogens with one attached hydrogen (secondary N) is 2. The van der Waals surface area contributed by atoms with Gasteiger partial charge in [-0.1, -0.05) is 23.1 Å². The molecule has 7 heteroatoms. The van der Waals surface area contributed by atoms with Gasteiger partial charge in [0.1, 0.15) is 0 Å². The number of aromatic nitrogens is 4. The highest BCUT2D eigenvalue weighted by molar-refractivity contribution is 5.96. The van der Waals surface area contributed by atoms with E-state index < -0.39 is 0 Å². The molecule has 0 radical (unpaired) electrons. The van der Waals surface area contributed by atoms with Gasteiger partial charge in [0.15, 0.2) is 5.82 Å². The molecule has 1 heterocycles. The molecule has 0 saturated heterocycles. The molecule has 0 spiro atoms. The molecule has 0 saturated carbocycles. The van der Waals surface area contributed by atoms with Crippen LogP contribution in [0.2, 0.25) is 0 Å². The molecule has 0 aliphatic rings. The van der Waals surface area contributed by atoms with Crippen LogP contribution >= 0.6 is 0 Å². The lowest BCUT2D eigenvalue weighted by Crippen LogP contribution is -2.24. The second kappa shape index (κ2) is 6.45. The minimum atomic E-state index is -0.205. The summed E-state index contributed by atoms with van der Waals surface area (Å²) in [5.74, 6) is 5.94. The third-order valence-electron chi connectivity index (χ3n) is 2.70. The summed E-state index contributed by atoms with van der Waals surface area (Å²) in [5.41, 5.74) is 7.53. The molecule has 2 rings (SSSR count). The average Bonchev–Trinajstić information content (AvgIpc) is 2.97. The molecule has 1 amide bonds. The van der Waals surface area contributed by atoms with E-state index in [4.69, 9.17) is 5.73 Å². The molecule has 0 fully saturated rings. The van der Waals surface area contributed by atoms with E-state index in [2.05, 4.69) is 37.8 Å². The first-order chi connectivity index (χ1) is 9.72. The molecule has 0 bridgehead atoms. The summed E-state index contributed by atoms with van der Waals surface area (Å²) >= 11 is 0. The van der Waals surface area contributed by atoms with Crippen LogP contribution in [0.5, 0.6) is 0 Å². The Hall–Kier alpha value is -2.72. The smallest absolute Gasteiger partial charge is 0.251 e. The van der Waals surface area contributed by atoms with E-state index in [9.17, 15) is 4.79 Å². The zero-order chi connectivity index (χ0) is 14.4. The molecular formula is C13H14N6O. The second-order valence-electron chi connectivity index (χ2n) is 3.99. The number of aromatic amines is 1. The predicted octanol–water partition coefficient (Wildman–Crippen LogP) is -0.252. The summed E-state index contributed by atoms with van der Waals surface area (Å²) in [4.78, 5) is 12.1. The fourth-order valence-electron chi connectivity index (χ4n) is 1.68. The van der Waals surface area contributed by atoms with E-state index >= 15 is 0 Å². The van der Waals surface area contributed by atoms with E-state index in [1.165, 1.54) is 0 Å². The third-order valence-corrected chi connectivity index (χ3v) is 2.70. The number of amides is 1. The number of nitrogens with zero attached hydrogens (tertiary/aromatic N) is 3. The Balaban J connectivity index is 2.13. The monoisotopic (exact) mass is 270 g/mol. The Kier molecular flexibility index (Phi) is 4.42. The molecule has 20 heavy (non-hydrogen) atoms. The normalized spacial score (nSPS) is 9.70. The van der Waals surface area contributed by atoms with E-state index in [1.54, 1.807) is 12.1 Å². The Labute approximate surface area is 116 Å². The highest BCUT2D eigenvalue weighted by Gasteiger charge is 2.11. The van der Waals surface area contributed by atoms with Crippen LogP contribution in [-0.2, 0) is 6.54 Å². The number of tetrazole rings is 1. The molecule has 0 aliphatic heterocycles. The molecule has 0 aliphatic carbocycles. The van der Waals surface area contributed by atoms with Gasteiger partial charge in [-0.3, -0.25) is 4.79 Å². The van der Waals surface area contributed by atoms with Gasteiger partial charge in [0.25, 0.3) is 5.91 Å². The number of carbonyl (C=O) groups is 1. The first-order valence-corrected chi connectivity index (χ1v) is 6.01. The van der Waals surface area contributed by atoms with Gasteiger partial charge in [-0.2, -0.15) is 5.21 Å². The largest absolute Gasteiger partial charge is 0.345 e. The van der Waals surface area contributed by atoms with Crippen molar-refractivity contribution in [1.29, 1.82) is 0 Å². The van der Waals surface area contributed by atoms with Crippen LogP contribution in [0.15, 0.2) is 18.2 Å². The number of benzene rings is 1. The number of hydrogen-bond acceptors (Lipinski definition) is 5. The third kappa shape index (κ3) is 3.18. The van der Waals surface area contributed by atoms with Gasteiger partial charge in [0, 0.05) is 11.1 Å². The van der Waals surface area contributed by atoms with Crippen LogP contribution in [0, 0.1) is 18.8 Å². The lowest BCUT2D eigenvalue weighted by atomic mass is 10.0. The van der Waals surface area contributed by atoms with Crippen molar-refractivity contribution in [3.8, 4) is 11.8 Å². The zero-order valence-electron chi connectivity index (χ0n) is 11.0. The molecule has 102 valence electrons. The van der Waals surface area contributed by atoms with Crippen molar-refractivity contribution < 1.29 is 4.79 Å². The lowest BCUT2D eigenvalue weighted by Gasteiger charge is -2.07. The van der Waals surface area contributed by atoms with Gasteiger partial charge in [-0.05, 0) is 24.6 Å². The SMILES string of the molecule is Cc1c(C#CCN)cccc1C(=O)NCc1nn[nH]n1. The fraction of sp³-hybridized carbons (Fsp3) is 0.231. The van der Waals surface area contributed by atoms with Gasteiger partial charge >= 0.3 is 0 Å². The van der Waals surface area contributed by atoms with Crippen molar-refractivity contribution in [2.24, 2.45) is 5.73 Å². The molecule has 0 unspecified atom stereocenters. The van der Waals surface area contributed by atoms with E-state index in [0.29, 0.717) is 11.4 Å². The first kappa shape index (κ1) is 13.7. The number of nitrogens with two attached hydrogens (primary N) is 1. The van der Waals surface area contributed by atoms with Gasteiger partial charge < -0.3 is 11.1 Å². The van der Waals surface area contributed by atoms with E-state index in [0.717, 1.165) is 11.1 Å². The van der Waals surface area contributed by atoms with E-state index in [1.807, 2.05) is 13.0 Å². The van der Waals surface area contributed by atoms with Crippen LogP contribution in [0.4, 0.5) is 0 Å². The zero-order valence-corrected chi connectivity index (χ0v) is 11.0. The Morgan fingerprint density at radius 3 is 3.05 bits per heavy atom. The summed E-state index contributed by atoms with van der Waals surface area (Å²) in [6.45, 7) is 2.35. The summed E-state index contributed by atoms with van der Waals surface area (Å²) in [6, 6.07) is 5.39. The summed E-state index contributed by atoms with van der Waals surface area (Å²) in [7, 11) is 0. The second-order valence-corrected chi connectivity index (χ2v) is 3.99. The fourth-order valence-corrected chi connectivity index (χ4v) is 1.68. The highest BCUT2D eigenvalue weighted by Crippen LogP contribution is 2.12. The molecule has 1 aromatic heterocycles. The minimum absolute atomic E-state index is 0.205. The number of H-pyrrole nitrogens is 1. The van der Waals surface area contributed by atoms with Crippen molar-refractivity contribution in [3.63, 3.8) is 0 Å². The van der Waals surface area contributed by atoms with Gasteiger partial charge in [-0.25, -0.2) is 0 Å². The summed E-state index contributed by atoms with van der Waals surface area (Å²) < 4.78 is 0. The summed E-state index contributed by atoms with van der Waals surface area (Å²) in [6.07, 6.45) is 0. The number of hydrogen-bond donors (Lipinski definition) is 3. The van der Waals surface area contributed by atoms with Crippen LogP contribution in [0.25, 0.3) is 0 Å². The topological polar surface area (TPSA) is 110 Å². The highest BCUT2D eigenvalue weighted by atomic mass is 16.1. The Morgan fingerprint density at radius 1 is 1.50 bits per heavy atom. The molecule has 1 aromatic carbocycles. The molecule has 0 atom stereocenters. The molecular weight excluding hydrogens is 256 g/mol. The minimum Gasteiger partial charge on any atom is -0.345 e. The Bertz CT molecular complexity index is 653. The standard InChI is InChI=1S/C13H14N6O/c1-9-10(5-3-7-14)4-2-6-11(9)13(20)15-8-12-16-18-19-17-12/h2,4,6H,7-8,14H2,1H3,(H,15,20)(H,16,17,18,19). The maximum atomic E-state index is 12.1. The average molecular weight is 270 g/mol. The summed E-state index contributed by atoms with van der Waals surface area (Å²) in [5, 5.41) is 16.0. The lowest BCUT2D eigenvalue weighted by molar-refractivity contribution is 0.0949. The van der Waals surface area contributed by atoms with Crippen LogP contribution < -0.4 is 11.1 Å². The van der Waals surface area contributed by atoms with Crippen LogP contribution in [-0.4, -0.2) is 33.1 Å². The van der Waals surface area contributed by atoms with Crippen LogP contribution in [0.1, 0.15) is 27.3 Å². The Morgan fingerprint density at radius 2 is 2.35 bits per heavy atom. The van der Waals surface area contributed by atoms with Crippen molar-refractivity contribution >= 4 is 5.91 Å². The number of carbonyl (C=O) groups excluding carboxylic acids is 1. The predicted molar refractivity (Wildman–Crippen MR) is 72.5 cm³/mol. The van der Waals surface area contributed by atoms with Crippen molar-refractivity contribution in [2.45, 2.75) is 13.5 Å². The quantitative estimate of drug-likeness (QED) is 0.666. The van der Waals surface area contributed by atoms with Gasteiger partial charge in [0.05, 0.1) is 13.1 Å². The maximum Gasteiger partial charge on any atom is 0.251 e. The van der Waals surface area contributed by atoms with E-state index in [-0.39, 0.29) is 19.0 Å². The van der Waals surface area contributed by atoms with Crippen molar-refractivity contribution in [2.75, 3.05) is 6.54 Å². The molecule has 4 N–H and O–H groups in total. The maximum absolute atomic E-state index is 12.1. The van der Waals surface area contributed by atoms with Gasteiger partial charge in [-0.15, -0.1) is 10.2 Å². The van der Waals surface area contributed by atoms with Gasteiger partial charge in [0.2, 0.25) is 0 Å². The molecule has 2 aromatic rings.